The largest absolute Gasteiger partial charge is 0.488 e. The summed E-state index contributed by atoms with van der Waals surface area (Å²) in [5, 5.41) is 9.84. The Balaban J connectivity index is 2.07. The summed E-state index contributed by atoms with van der Waals surface area (Å²) in [7, 11) is 0. The maximum Gasteiger partial charge on any atom is 0.323 e. The Labute approximate surface area is 228 Å². The van der Waals surface area contributed by atoms with E-state index in [1.807, 2.05) is 39.8 Å². The lowest BCUT2D eigenvalue weighted by atomic mass is 9.63. The number of aliphatic carboxylic acids is 1. The first-order valence-electron chi connectivity index (χ1n) is 12.0. The summed E-state index contributed by atoms with van der Waals surface area (Å²) in [5.41, 5.74) is 2.48. The average Bonchev–Trinajstić information content (AvgIpc) is 2.71. The molecule has 1 N–H and O–H groups in total. The highest BCUT2D eigenvalue weighted by molar-refractivity contribution is 9.11. The number of rotatable bonds is 6. The van der Waals surface area contributed by atoms with Crippen LogP contribution < -0.4 is 4.74 Å². The molecule has 36 heavy (non-hydrogen) atoms. The second kappa shape index (κ2) is 9.60. The van der Waals surface area contributed by atoms with Gasteiger partial charge in [-0.25, -0.2) is 0 Å². The normalized spacial score (nSPS) is 21.3. The molecule has 0 amide bonds. The maximum absolute atomic E-state index is 13.8. The van der Waals surface area contributed by atoms with Gasteiger partial charge >= 0.3 is 5.97 Å². The van der Waals surface area contributed by atoms with E-state index >= 15 is 0 Å². The van der Waals surface area contributed by atoms with Gasteiger partial charge in [0.25, 0.3) is 0 Å². The molecule has 3 aliphatic rings. The van der Waals surface area contributed by atoms with Crippen LogP contribution in [0.2, 0.25) is 0 Å². The molecular weight excluding hydrogens is 590 g/mol. The number of nitrogens with zero attached hydrogens (tertiary/aromatic N) is 1. The molecule has 0 saturated carbocycles. The van der Waals surface area contributed by atoms with E-state index in [-0.39, 0.29) is 35.5 Å². The van der Waals surface area contributed by atoms with Gasteiger partial charge in [-0.05, 0) is 51.7 Å². The molecule has 0 radical (unpaired) electrons. The topological polar surface area (TPSA) is 83.9 Å². The van der Waals surface area contributed by atoms with Crippen LogP contribution in [0.1, 0.15) is 64.9 Å². The van der Waals surface area contributed by atoms with Crippen molar-refractivity contribution in [1.29, 1.82) is 0 Å². The molecule has 0 atom stereocenters. The Kier molecular flexibility index (Phi) is 7.16. The summed E-state index contributed by atoms with van der Waals surface area (Å²) >= 11 is 7.18. The third-order valence-corrected chi connectivity index (χ3v) is 8.06. The van der Waals surface area contributed by atoms with Gasteiger partial charge in [0.2, 0.25) is 0 Å². The van der Waals surface area contributed by atoms with Crippen LogP contribution in [-0.4, -0.2) is 40.7 Å². The Morgan fingerprint density at radius 1 is 1.06 bits per heavy atom. The van der Waals surface area contributed by atoms with Gasteiger partial charge in [-0.15, -0.1) is 0 Å². The lowest BCUT2D eigenvalue weighted by molar-refractivity contribution is -0.138. The number of benzene rings is 1. The van der Waals surface area contributed by atoms with Crippen LogP contribution in [0.15, 0.2) is 56.3 Å². The van der Waals surface area contributed by atoms with Crippen molar-refractivity contribution in [2.24, 2.45) is 10.8 Å². The fourth-order valence-corrected chi connectivity index (χ4v) is 7.15. The minimum absolute atomic E-state index is 0.0587. The number of ketones is 2. The molecule has 8 heteroatoms. The van der Waals surface area contributed by atoms with Gasteiger partial charge in [-0.3, -0.25) is 14.4 Å². The summed E-state index contributed by atoms with van der Waals surface area (Å²) in [6.45, 7) is 11.8. The summed E-state index contributed by atoms with van der Waals surface area (Å²) < 4.78 is 7.54. The second-order valence-corrected chi connectivity index (χ2v) is 13.2. The van der Waals surface area contributed by atoms with Crippen molar-refractivity contribution in [2.45, 2.75) is 59.3 Å². The van der Waals surface area contributed by atoms with Crippen LogP contribution in [-0.2, 0) is 14.4 Å². The summed E-state index contributed by atoms with van der Waals surface area (Å²) in [6.07, 6.45) is 3.38. The monoisotopic (exact) mass is 619 g/mol. The third kappa shape index (κ3) is 4.99. The minimum Gasteiger partial charge on any atom is -0.488 e. The molecule has 1 aromatic rings. The molecule has 1 heterocycles. The summed E-state index contributed by atoms with van der Waals surface area (Å²) in [6, 6.07) is 3.76. The summed E-state index contributed by atoms with van der Waals surface area (Å²) in [5.74, 6) is -1.21. The fourth-order valence-electron chi connectivity index (χ4n) is 5.77. The molecule has 0 bridgehead atoms. The van der Waals surface area contributed by atoms with Crippen LogP contribution in [0.3, 0.4) is 0 Å². The highest BCUT2D eigenvalue weighted by Gasteiger charge is 2.50. The number of Topliss-reactive ketones (excluding diaryl/α,β-unsaturated/α-hetero) is 2. The van der Waals surface area contributed by atoms with Gasteiger partial charge in [-0.1, -0.05) is 56.3 Å². The predicted molar refractivity (Wildman–Crippen MR) is 145 cm³/mol. The Bertz CT molecular complexity index is 1190. The SMILES string of the molecule is C=CCOc1c(Br)cc(Br)cc1C1C2=C(CC(C)(C)CC2=O)N(CC(=O)O)C2=C1C(=O)CC(C)(C)C2. The first kappa shape index (κ1) is 26.9. The van der Waals surface area contributed by atoms with Gasteiger partial charge in [0, 0.05) is 51.3 Å². The van der Waals surface area contributed by atoms with Gasteiger partial charge in [0.15, 0.2) is 11.6 Å². The van der Waals surface area contributed by atoms with Crippen LogP contribution in [0.25, 0.3) is 0 Å². The van der Waals surface area contributed by atoms with Crippen LogP contribution in [0.5, 0.6) is 5.75 Å². The zero-order chi connectivity index (χ0) is 26.6. The van der Waals surface area contributed by atoms with E-state index in [9.17, 15) is 19.5 Å². The van der Waals surface area contributed by atoms with E-state index in [2.05, 4.69) is 38.4 Å². The Hall–Kier alpha value is -2.19. The molecule has 0 fully saturated rings. The molecule has 0 saturated heterocycles. The van der Waals surface area contributed by atoms with Gasteiger partial charge in [0.1, 0.15) is 18.9 Å². The standard InChI is InChI=1S/C28H31Br2NO5/c1-6-7-36-26-16(8-15(29)9-17(26)30)23-24-18(10-27(2,3)12-20(24)32)31(14-22(34)35)19-11-28(4,5)13-21(33)25(19)23/h6,8-9,23H,1,7,10-14H2,2-5H3,(H,34,35). The van der Waals surface area contributed by atoms with E-state index < -0.39 is 11.9 Å². The van der Waals surface area contributed by atoms with E-state index in [1.54, 1.807) is 11.0 Å². The highest BCUT2D eigenvalue weighted by atomic mass is 79.9. The molecule has 1 aromatic carbocycles. The Morgan fingerprint density at radius 2 is 1.58 bits per heavy atom. The lowest BCUT2D eigenvalue weighted by Gasteiger charge is -2.48. The highest BCUT2D eigenvalue weighted by Crippen LogP contribution is 2.56. The first-order chi connectivity index (χ1) is 16.7. The van der Waals surface area contributed by atoms with E-state index in [0.29, 0.717) is 64.0 Å². The average molecular weight is 621 g/mol. The number of carbonyl (C=O) groups excluding carboxylic acids is 2. The quantitative estimate of drug-likeness (QED) is 0.363. The molecule has 0 aromatic heterocycles. The van der Waals surface area contributed by atoms with Crippen molar-refractivity contribution < 1.29 is 24.2 Å². The molecular formula is C28H31Br2NO5. The molecule has 0 unspecified atom stereocenters. The smallest absolute Gasteiger partial charge is 0.323 e. The number of carboxylic acids is 1. The van der Waals surface area contributed by atoms with Crippen molar-refractivity contribution in [3.8, 4) is 5.75 Å². The van der Waals surface area contributed by atoms with Crippen molar-refractivity contribution in [2.75, 3.05) is 13.2 Å². The fraction of sp³-hybridized carbons (Fsp3) is 0.464. The van der Waals surface area contributed by atoms with Crippen molar-refractivity contribution in [3.05, 3.63) is 61.8 Å². The molecule has 4 rings (SSSR count). The third-order valence-electron chi connectivity index (χ3n) is 7.01. The van der Waals surface area contributed by atoms with Crippen molar-refractivity contribution in [1.82, 2.24) is 4.90 Å². The van der Waals surface area contributed by atoms with E-state index in [1.165, 1.54) is 0 Å². The number of carbonyl (C=O) groups is 3. The summed E-state index contributed by atoms with van der Waals surface area (Å²) in [4.78, 5) is 41.4. The molecule has 0 spiro atoms. The van der Waals surface area contributed by atoms with E-state index in [4.69, 9.17) is 4.74 Å². The first-order valence-corrected chi connectivity index (χ1v) is 13.6. The Morgan fingerprint density at radius 3 is 2.06 bits per heavy atom. The zero-order valence-corrected chi connectivity index (χ0v) is 24.2. The molecule has 192 valence electrons. The lowest BCUT2D eigenvalue weighted by Crippen LogP contribution is -2.45. The number of halogens is 2. The van der Waals surface area contributed by atoms with Crippen LogP contribution in [0.4, 0.5) is 0 Å². The molecule has 1 aliphatic heterocycles. The number of hydrogen-bond donors (Lipinski definition) is 1. The minimum atomic E-state index is -1.00. The molecule has 2 aliphatic carbocycles. The van der Waals surface area contributed by atoms with Crippen molar-refractivity contribution in [3.63, 3.8) is 0 Å². The van der Waals surface area contributed by atoms with Gasteiger partial charge in [-0.2, -0.15) is 0 Å². The maximum atomic E-state index is 13.8. The zero-order valence-electron chi connectivity index (χ0n) is 21.0. The molecule has 6 nitrogen and oxygen atoms in total. The number of hydrogen-bond acceptors (Lipinski definition) is 5. The van der Waals surface area contributed by atoms with Crippen molar-refractivity contribution >= 4 is 49.4 Å². The van der Waals surface area contributed by atoms with Gasteiger partial charge in [0.05, 0.1) is 4.47 Å². The number of allylic oxidation sites excluding steroid dienone is 4. The van der Waals surface area contributed by atoms with Crippen LogP contribution in [0, 0.1) is 10.8 Å². The van der Waals surface area contributed by atoms with Gasteiger partial charge < -0.3 is 14.7 Å². The predicted octanol–water partition coefficient (Wildman–Crippen LogP) is 6.55. The second-order valence-electron chi connectivity index (χ2n) is 11.4. The number of ether oxygens (including phenoxy) is 1. The van der Waals surface area contributed by atoms with E-state index in [0.717, 1.165) is 4.47 Å². The van der Waals surface area contributed by atoms with Crippen LogP contribution >= 0.6 is 31.9 Å². The number of carboxylic acid groups (broad SMARTS) is 1.